The summed E-state index contributed by atoms with van der Waals surface area (Å²) in [7, 11) is 0. The third kappa shape index (κ3) is 3.00. The minimum absolute atomic E-state index is 0.184. The highest BCUT2D eigenvalue weighted by molar-refractivity contribution is 7.99. The number of rotatable bonds is 3. The summed E-state index contributed by atoms with van der Waals surface area (Å²) < 4.78 is 0. The molecule has 1 heterocycles. The second kappa shape index (κ2) is 5.21. The van der Waals surface area contributed by atoms with Gasteiger partial charge in [-0.2, -0.15) is 0 Å². The average Bonchev–Trinajstić information content (AvgIpc) is 2.59. The van der Waals surface area contributed by atoms with Crippen LogP contribution in [0.15, 0.2) is 18.2 Å². The third-order valence-corrected chi connectivity index (χ3v) is 4.28. The third-order valence-electron chi connectivity index (χ3n) is 2.87. The number of aryl methyl sites for hydroxylation is 2. The van der Waals surface area contributed by atoms with Gasteiger partial charge >= 0.3 is 0 Å². The molecule has 3 heteroatoms. The van der Waals surface area contributed by atoms with Crippen LogP contribution >= 0.6 is 11.8 Å². The van der Waals surface area contributed by atoms with Crippen molar-refractivity contribution in [2.45, 2.75) is 31.0 Å². The number of hydrogen-bond donors (Lipinski definition) is 2. The number of hydrogen-bond acceptors (Lipinski definition) is 3. The van der Waals surface area contributed by atoms with Crippen LogP contribution in [0, 0.1) is 13.8 Å². The van der Waals surface area contributed by atoms with Crippen LogP contribution in [0.2, 0.25) is 0 Å². The highest BCUT2D eigenvalue weighted by Crippen LogP contribution is 2.23. The molecule has 0 bridgehead atoms. The van der Waals surface area contributed by atoms with Crippen molar-refractivity contribution in [3.8, 4) is 0 Å². The molecule has 1 aliphatic rings. The number of nitrogens with one attached hydrogen (secondary N) is 1. The van der Waals surface area contributed by atoms with E-state index in [4.69, 9.17) is 0 Å². The maximum absolute atomic E-state index is 9.69. The molecule has 1 aliphatic heterocycles. The Morgan fingerprint density at radius 1 is 1.25 bits per heavy atom. The summed E-state index contributed by atoms with van der Waals surface area (Å²) in [6.45, 7) is 5.93. The highest BCUT2D eigenvalue weighted by Gasteiger charge is 2.24. The van der Waals surface area contributed by atoms with Crippen LogP contribution in [0.5, 0.6) is 0 Å². The van der Waals surface area contributed by atoms with E-state index in [1.165, 1.54) is 16.7 Å². The first-order valence-corrected chi connectivity index (χ1v) is 6.77. The number of thioether (sulfide) groups is 1. The standard InChI is InChI=1S/C13H19NOS/c1-9-3-10(2)5-11(4-9)8-16-13-7-14-6-12(13)15/h3-5,12-15H,6-8H2,1-2H3. The number of β-amino-alcohol motifs (C(OH)–C–C–N with tert-alkyl or cyclic N) is 1. The summed E-state index contributed by atoms with van der Waals surface area (Å²) in [4.78, 5) is 0. The SMILES string of the molecule is Cc1cc(C)cc(CSC2CNCC2O)c1. The van der Waals surface area contributed by atoms with Crippen molar-refractivity contribution in [1.29, 1.82) is 0 Å². The Labute approximate surface area is 101 Å². The maximum Gasteiger partial charge on any atom is 0.0795 e. The van der Waals surface area contributed by atoms with Crippen molar-refractivity contribution in [3.05, 3.63) is 34.9 Å². The second-order valence-electron chi connectivity index (χ2n) is 4.57. The summed E-state index contributed by atoms with van der Waals surface area (Å²) in [5.74, 6) is 0.992. The molecule has 2 N–H and O–H groups in total. The topological polar surface area (TPSA) is 32.3 Å². The van der Waals surface area contributed by atoms with E-state index < -0.39 is 0 Å². The van der Waals surface area contributed by atoms with Gasteiger partial charge in [0.05, 0.1) is 6.10 Å². The fourth-order valence-electron chi connectivity index (χ4n) is 2.17. The molecular formula is C13H19NOS. The molecule has 0 radical (unpaired) electrons. The molecule has 0 spiro atoms. The van der Waals surface area contributed by atoms with E-state index >= 15 is 0 Å². The van der Waals surface area contributed by atoms with Crippen LogP contribution in [0.25, 0.3) is 0 Å². The Balaban J connectivity index is 1.94. The molecule has 1 saturated heterocycles. The van der Waals surface area contributed by atoms with Crippen molar-refractivity contribution >= 4 is 11.8 Å². The largest absolute Gasteiger partial charge is 0.391 e. The first-order valence-electron chi connectivity index (χ1n) is 5.73. The predicted molar refractivity (Wildman–Crippen MR) is 69.9 cm³/mol. The molecule has 88 valence electrons. The lowest BCUT2D eigenvalue weighted by atomic mass is 10.1. The van der Waals surface area contributed by atoms with Gasteiger partial charge in [0.25, 0.3) is 0 Å². The smallest absolute Gasteiger partial charge is 0.0795 e. The monoisotopic (exact) mass is 237 g/mol. The van der Waals surface area contributed by atoms with Crippen molar-refractivity contribution < 1.29 is 5.11 Å². The van der Waals surface area contributed by atoms with Gasteiger partial charge in [0.1, 0.15) is 0 Å². The first kappa shape index (κ1) is 12.0. The van der Waals surface area contributed by atoms with Gasteiger partial charge in [-0.1, -0.05) is 29.3 Å². The minimum atomic E-state index is -0.184. The van der Waals surface area contributed by atoms with Crippen LogP contribution in [-0.2, 0) is 5.75 Å². The summed E-state index contributed by atoms with van der Waals surface area (Å²) in [5, 5.41) is 13.3. The van der Waals surface area contributed by atoms with Crippen molar-refractivity contribution in [1.82, 2.24) is 5.32 Å². The summed E-state index contributed by atoms with van der Waals surface area (Å²) >= 11 is 1.85. The van der Waals surface area contributed by atoms with E-state index in [1.807, 2.05) is 11.8 Å². The van der Waals surface area contributed by atoms with E-state index in [0.29, 0.717) is 5.25 Å². The molecular weight excluding hydrogens is 218 g/mol. The molecule has 0 amide bonds. The molecule has 2 rings (SSSR count). The molecule has 2 unspecified atom stereocenters. The van der Waals surface area contributed by atoms with E-state index in [9.17, 15) is 5.11 Å². The number of benzene rings is 1. The fraction of sp³-hybridized carbons (Fsp3) is 0.538. The first-order chi connectivity index (χ1) is 7.65. The number of aliphatic hydroxyl groups excluding tert-OH is 1. The lowest BCUT2D eigenvalue weighted by molar-refractivity contribution is 0.201. The molecule has 16 heavy (non-hydrogen) atoms. The van der Waals surface area contributed by atoms with Gasteiger partial charge in [0, 0.05) is 24.1 Å². The van der Waals surface area contributed by atoms with Crippen molar-refractivity contribution in [2.75, 3.05) is 13.1 Å². The fourth-order valence-corrected chi connectivity index (χ4v) is 3.29. The summed E-state index contributed by atoms with van der Waals surface area (Å²) in [6.07, 6.45) is -0.184. The van der Waals surface area contributed by atoms with E-state index in [1.54, 1.807) is 0 Å². The van der Waals surface area contributed by atoms with Crippen molar-refractivity contribution in [3.63, 3.8) is 0 Å². The summed E-state index contributed by atoms with van der Waals surface area (Å²) in [6, 6.07) is 6.66. The Morgan fingerprint density at radius 3 is 2.50 bits per heavy atom. The van der Waals surface area contributed by atoms with E-state index in [0.717, 1.165) is 18.8 Å². The maximum atomic E-state index is 9.69. The van der Waals surface area contributed by atoms with Gasteiger partial charge in [0.2, 0.25) is 0 Å². The van der Waals surface area contributed by atoms with Gasteiger partial charge < -0.3 is 10.4 Å². The van der Waals surface area contributed by atoms with Gasteiger partial charge in [-0.25, -0.2) is 0 Å². The van der Waals surface area contributed by atoms with Crippen molar-refractivity contribution in [2.24, 2.45) is 0 Å². The lowest BCUT2D eigenvalue weighted by Crippen LogP contribution is -2.20. The molecule has 1 aromatic rings. The molecule has 2 nitrogen and oxygen atoms in total. The van der Waals surface area contributed by atoms with Gasteiger partial charge in [-0.05, 0) is 19.4 Å². The predicted octanol–water partition coefficient (Wildman–Crippen LogP) is 1.87. The summed E-state index contributed by atoms with van der Waals surface area (Å²) in [5.41, 5.74) is 4.00. The Bertz CT molecular complexity index is 347. The Morgan fingerprint density at radius 2 is 1.94 bits per heavy atom. The molecule has 0 aromatic heterocycles. The average molecular weight is 237 g/mol. The van der Waals surface area contributed by atoms with Gasteiger partial charge in [-0.15, -0.1) is 11.8 Å². The zero-order valence-corrected chi connectivity index (χ0v) is 10.7. The Kier molecular flexibility index (Phi) is 3.90. The molecule has 1 aromatic carbocycles. The van der Waals surface area contributed by atoms with Crippen LogP contribution < -0.4 is 5.32 Å². The zero-order chi connectivity index (χ0) is 11.5. The quantitative estimate of drug-likeness (QED) is 0.842. The molecule has 2 atom stereocenters. The van der Waals surface area contributed by atoms with E-state index in [2.05, 4.69) is 37.4 Å². The van der Waals surface area contributed by atoms with E-state index in [-0.39, 0.29) is 6.10 Å². The molecule has 0 saturated carbocycles. The lowest BCUT2D eigenvalue weighted by Gasteiger charge is -2.13. The molecule has 0 aliphatic carbocycles. The highest BCUT2D eigenvalue weighted by atomic mass is 32.2. The van der Waals surface area contributed by atoms with Crippen LogP contribution in [0.1, 0.15) is 16.7 Å². The normalized spacial score (nSPS) is 24.9. The van der Waals surface area contributed by atoms with Gasteiger partial charge in [-0.3, -0.25) is 0 Å². The van der Waals surface area contributed by atoms with Crippen LogP contribution in [-0.4, -0.2) is 29.5 Å². The van der Waals surface area contributed by atoms with Gasteiger partial charge in [0.15, 0.2) is 0 Å². The zero-order valence-electron chi connectivity index (χ0n) is 9.86. The Hall–Kier alpha value is -0.510. The second-order valence-corrected chi connectivity index (χ2v) is 5.80. The van der Waals surface area contributed by atoms with Crippen LogP contribution in [0.4, 0.5) is 0 Å². The number of aliphatic hydroxyl groups is 1. The van der Waals surface area contributed by atoms with Crippen LogP contribution in [0.3, 0.4) is 0 Å². The minimum Gasteiger partial charge on any atom is -0.391 e. The molecule has 1 fully saturated rings.